The summed E-state index contributed by atoms with van der Waals surface area (Å²) in [6.07, 6.45) is 1.16. The Hall–Kier alpha value is -1.50. The van der Waals surface area contributed by atoms with Gasteiger partial charge in [0, 0.05) is 29.4 Å². The Morgan fingerprint density at radius 1 is 1.08 bits per heavy atom. The molecule has 0 N–H and O–H groups in total. The van der Waals surface area contributed by atoms with Gasteiger partial charge in [-0.1, -0.05) is 17.7 Å². The van der Waals surface area contributed by atoms with Crippen LogP contribution in [0, 0.1) is 26.7 Å². The van der Waals surface area contributed by atoms with Crippen molar-refractivity contribution in [2.75, 3.05) is 13.1 Å². The first-order chi connectivity index (χ1) is 11.8. The highest BCUT2D eigenvalue weighted by atomic mass is 32.2. The Kier molecular flexibility index (Phi) is 5.14. The molecule has 0 aliphatic carbocycles. The van der Waals surface area contributed by atoms with Crippen LogP contribution in [0.4, 0.5) is 0 Å². The summed E-state index contributed by atoms with van der Waals surface area (Å²) in [4.78, 5) is 13.8. The summed E-state index contributed by atoms with van der Waals surface area (Å²) in [5.41, 5.74) is 2.83. The molecule has 0 saturated carbocycles. The van der Waals surface area contributed by atoms with Gasteiger partial charge in [-0.25, -0.2) is 8.42 Å². The number of benzene rings is 1. The molecule has 2 heterocycles. The van der Waals surface area contributed by atoms with Gasteiger partial charge in [0.05, 0.1) is 0 Å². The highest BCUT2D eigenvalue weighted by Gasteiger charge is 2.33. The van der Waals surface area contributed by atoms with E-state index in [-0.39, 0.29) is 11.7 Å². The summed E-state index contributed by atoms with van der Waals surface area (Å²) in [7, 11) is -3.43. The van der Waals surface area contributed by atoms with Crippen LogP contribution < -0.4 is 0 Å². The van der Waals surface area contributed by atoms with Gasteiger partial charge >= 0.3 is 0 Å². The summed E-state index contributed by atoms with van der Waals surface area (Å²) in [5, 5.41) is 0. The number of hydrogen-bond donors (Lipinski definition) is 0. The van der Waals surface area contributed by atoms with Gasteiger partial charge in [0.25, 0.3) is 10.0 Å². The fourth-order valence-corrected chi connectivity index (χ4v) is 6.16. The third-order valence-corrected chi connectivity index (χ3v) is 8.16. The molecular weight excluding hydrogens is 354 g/mol. The molecule has 0 spiro atoms. The van der Waals surface area contributed by atoms with Crippen molar-refractivity contribution < 1.29 is 13.2 Å². The number of carbonyl (C=O) groups excluding carboxylic acids is 1. The predicted molar refractivity (Wildman–Crippen MR) is 101 cm³/mol. The number of piperidine rings is 1. The van der Waals surface area contributed by atoms with Crippen molar-refractivity contribution in [1.82, 2.24) is 4.31 Å². The van der Waals surface area contributed by atoms with Crippen molar-refractivity contribution >= 4 is 27.1 Å². The molecule has 1 saturated heterocycles. The van der Waals surface area contributed by atoms with Crippen LogP contribution in [0.2, 0.25) is 0 Å². The standard InChI is InChI=1S/C19H23NO3S2/c1-13-4-5-14(2)17(12-13)19(21)16-8-10-20(11-9-16)25(22,23)18-7-6-15(3)24-18/h4-7,12,16H,8-11H2,1-3H3. The van der Waals surface area contributed by atoms with Crippen molar-refractivity contribution in [3.8, 4) is 0 Å². The van der Waals surface area contributed by atoms with Crippen LogP contribution in [0.25, 0.3) is 0 Å². The molecule has 3 rings (SSSR count). The number of sulfonamides is 1. The number of thiophene rings is 1. The van der Waals surface area contributed by atoms with Crippen molar-refractivity contribution in [3.63, 3.8) is 0 Å². The molecule has 0 radical (unpaired) electrons. The topological polar surface area (TPSA) is 54.5 Å². The number of aryl methyl sites for hydroxylation is 3. The molecule has 0 amide bonds. The molecule has 0 unspecified atom stereocenters. The first-order valence-corrected chi connectivity index (χ1v) is 10.7. The summed E-state index contributed by atoms with van der Waals surface area (Å²) >= 11 is 1.30. The molecule has 6 heteroatoms. The molecular formula is C19H23NO3S2. The third kappa shape index (κ3) is 3.71. The molecule has 2 aromatic rings. The zero-order chi connectivity index (χ0) is 18.2. The van der Waals surface area contributed by atoms with Crippen molar-refractivity contribution in [2.24, 2.45) is 5.92 Å². The second kappa shape index (κ2) is 7.02. The molecule has 0 bridgehead atoms. The van der Waals surface area contributed by atoms with Crippen LogP contribution in [-0.2, 0) is 10.0 Å². The molecule has 1 fully saturated rings. The zero-order valence-electron chi connectivity index (χ0n) is 14.8. The smallest absolute Gasteiger partial charge is 0.252 e. The highest BCUT2D eigenvalue weighted by molar-refractivity contribution is 7.91. The summed E-state index contributed by atoms with van der Waals surface area (Å²) in [6.45, 7) is 6.64. The van der Waals surface area contributed by atoms with Gasteiger partial charge in [0.15, 0.2) is 5.78 Å². The van der Waals surface area contributed by atoms with E-state index in [9.17, 15) is 13.2 Å². The van der Waals surface area contributed by atoms with Crippen LogP contribution in [0.5, 0.6) is 0 Å². The number of ketones is 1. The molecule has 0 atom stereocenters. The van der Waals surface area contributed by atoms with E-state index in [1.807, 2.05) is 45.0 Å². The predicted octanol–water partition coefficient (Wildman–Crippen LogP) is 3.96. The number of Topliss-reactive ketones (excluding diaryl/α,β-unsaturated/α-hetero) is 1. The fraction of sp³-hybridized carbons (Fsp3) is 0.421. The first kappa shape index (κ1) is 18.3. The minimum Gasteiger partial charge on any atom is -0.294 e. The van der Waals surface area contributed by atoms with Crippen LogP contribution in [-0.4, -0.2) is 31.6 Å². The van der Waals surface area contributed by atoms with Gasteiger partial charge in [-0.15, -0.1) is 11.3 Å². The van der Waals surface area contributed by atoms with Crippen LogP contribution in [0.1, 0.15) is 39.2 Å². The molecule has 25 heavy (non-hydrogen) atoms. The van der Waals surface area contributed by atoms with Crippen molar-refractivity contribution in [3.05, 3.63) is 51.9 Å². The SMILES string of the molecule is Cc1ccc(C)c(C(=O)C2CCN(S(=O)(=O)c3ccc(C)s3)CC2)c1. The first-order valence-electron chi connectivity index (χ1n) is 8.47. The van der Waals surface area contributed by atoms with Crippen molar-refractivity contribution in [2.45, 2.75) is 37.8 Å². The zero-order valence-corrected chi connectivity index (χ0v) is 16.4. The normalized spacial score (nSPS) is 16.9. The van der Waals surface area contributed by atoms with Crippen molar-refractivity contribution in [1.29, 1.82) is 0 Å². The minimum atomic E-state index is -3.43. The van der Waals surface area contributed by atoms with E-state index in [4.69, 9.17) is 0 Å². The molecule has 1 aromatic carbocycles. The number of nitrogens with zero attached hydrogens (tertiary/aromatic N) is 1. The van der Waals surface area contributed by atoms with Gasteiger partial charge < -0.3 is 0 Å². The van der Waals surface area contributed by atoms with E-state index < -0.39 is 10.0 Å². The summed E-state index contributed by atoms with van der Waals surface area (Å²) in [5.74, 6) is 0.0437. The second-order valence-corrected chi connectivity index (χ2v) is 10.2. The maximum absolute atomic E-state index is 12.8. The lowest BCUT2D eigenvalue weighted by molar-refractivity contribution is 0.0874. The molecule has 4 nitrogen and oxygen atoms in total. The van der Waals surface area contributed by atoms with E-state index in [0.29, 0.717) is 30.1 Å². The molecule has 134 valence electrons. The Morgan fingerprint density at radius 3 is 2.36 bits per heavy atom. The lowest BCUT2D eigenvalue weighted by Gasteiger charge is -2.30. The average molecular weight is 378 g/mol. The van der Waals surface area contributed by atoms with E-state index in [2.05, 4.69) is 0 Å². The summed E-state index contributed by atoms with van der Waals surface area (Å²) in [6, 6.07) is 9.41. The minimum absolute atomic E-state index is 0.1000. The Morgan fingerprint density at radius 2 is 1.76 bits per heavy atom. The van der Waals surface area contributed by atoms with E-state index in [1.165, 1.54) is 15.6 Å². The van der Waals surface area contributed by atoms with Gasteiger partial charge in [0.1, 0.15) is 4.21 Å². The number of hydrogen-bond acceptors (Lipinski definition) is 4. The maximum Gasteiger partial charge on any atom is 0.252 e. The van der Waals surface area contributed by atoms with Gasteiger partial charge in [-0.3, -0.25) is 4.79 Å². The maximum atomic E-state index is 12.8. The lowest BCUT2D eigenvalue weighted by atomic mass is 9.87. The van der Waals surface area contributed by atoms with Crippen LogP contribution in [0.15, 0.2) is 34.5 Å². The monoisotopic (exact) mass is 377 g/mol. The third-order valence-electron chi connectivity index (χ3n) is 4.79. The average Bonchev–Trinajstić information content (AvgIpc) is 3.04. The van der Waals surface area contributed by atoms with Gasteiger partial charge in [-0.05, 0) is 57.4 Å². The highest BCUT2D eigenvalue weighted by Crippen LogP contribution is 2.30. The number of carbonyl (C=O) groups is 1. The van der Waals surface area contributed by atoms with E-state index >= 15 is 0 Å². The van der Waals surface area contributed by atoms with Crippen LogP contribution in [0.3, 0.4) is 0 Å². The second-order valence-electron chi connectivity index (χ2n) is 6.73. The van der Waals surface area contributed by atoms with Gasteiger partial charge in [-0.2, -0.15) is 4.31 Å². The molecule has 1 aliphatic rings. The number of rotatable bonds is 4. The van der Waals surface area contributed by atoms with Crippen LogP contribution >= 0.6 is 11.3 Å². The molecule has 1 aromatic heterocycles. The van der Waals surface area contributed by atoms with E-state index in [0.717, 1.165) is 21.6 Å². The quantitative estimate of drug-likeness (QED) is 0.758. The summed E-state index contributed by atoms with van der Waals surface area (Å²) < 4.78 is 27.3. The Balaban J connectivity index is 1.71. The fourth-order valence-electron chi connectivity index (χ4n) is 3.26. The van der Waals surface area contributed by atoms with Gasteiger partial charge in [0.2, 0.25) is 0 Å². The Bertz CT molecular complexity index is 891. The Labute approximate surface area is 153 Å². The molecule has 1 aliphatic heterocycles. The lowest BCUT2D eigenvalue weighted by Crippen LogP contribution is -2.40. The largest absolute Gasteiger partial charge is 0.294 e. The van der Waals surface area contributed by atoms with E-state index in [1.54, 1.807) is 6.07 Å².